The molecule has 5 N–H and O–H groups in total. The van der Waals surface area contributed by atoms with Gasteiger partial charge >= 0.3 is 11.7 Å². The van der Waals surface area contributed by atoms with E-state index in [1.54, 1.807) is 35.9 Å². The molecule has 0 radical (unpaired) electrons. The third kappa shape index (κ3) is 7.14. The first-order valence-corrected chi connectivity index (χ1v) is 14.8. The third-order valence-corrected chi connectivity index (χ3v) is 9.00. The Morgan fingerprint density at radius 3 is 2.33 bits per heavy atom. The molecule has 42 heavy (non-hydrogen) atoms. The molecule has 5 rings (SSSR count). The van der Waals surface area contributed by atoms with Crippen molar-refractivity contribution in [3.05, 3.63) is 52.6 Å². The van der Waals surface area contributed by atoms with Gasteiger partial charge in [0.25, 0.3) is 0 Å². The number of nitrogens with two attached hydrogens (primary N) is 2. The van der Waals surface area contributed by atoms with Crippen molar-refractivity contribution in [1.82, 2.24) is 24.3 Å². The van der Waals surface area contributed by atoms with Gasteiger partial charge in [0.05, 0.1) is 11.2 Å². The minimum absolute atomic E-state index is 0. The van der Waals surface area contributed by atoms with Crippen LogP contribution >= 0.6 is 12.4 Å². The maximum atomic E-state index is 12.8. The summed E-state index contributed by atoms with van der Waals surface area (Å²) in [5, 5.41) is 2.71. The molecule has 0 spiro atoms. The van der Waals surface area contributed by atoms with E-state index >= 15 is 0 Å². The highest BCUT2D eigenvalue weighted by molar-refractivity contribution is 5.89. The van der Waals surface area contributed by atoms with Crippen molar-refractivity contribution in [2.45, 2.75) is 64.1 Å². The number of nitrogens with zero attached hydrogens (tertiary/aromatic N) is 5. The summed E-state index contributed by atoms with van der Waals surface area (Å²) in [6.07, 6.45) is 6.27. The van der Waals surface area contributed by atoms with Gasteiger partial charge in [-0.15, -0.1) is 12.4 Å². The summed E-state index contributed by atoms with van der Waals surface area (Å²) in [4.78, 5) is 47.9. The van der Waals surface area contributed by atoms with Gasteiger partial charge in [0.1, 0.15) is 5.82 Å². The SMILES string of the molecule is CC(Cc1ccc(-n2ccc(NC(=O)N3CCN(C(=O)C(C)(C)N)CC3)nc2=O)cc1)N1CC2CCCC(N)C2C1.Cl. The molecule has 1 saturated carbocycles. The predicted octanol–water partition coefficient (Wildman–Crippen LogP) is 2.06. The second-order valence-corrected chi connectivity index (χ2v) is 12.6. The lowest BCUT2D eigenvalue weighted by atomic mass is 9.78. The zero-order valence-corrected chi connectivity index (χ0v) is 25.7. The van der Waals surface area contributed by atoms with Crippen molar-refractivity contribution in [3.8, 4) is 5.69 Å². The van der Waals surface area contributed by atoms with Gasteiger partial charge in [-0.25, -0.2) is 9.59 Å². The molecule has 2 aliphatic heterocycles. The van der Waals surface area contributed by atoms with Crippen molar-refractivity contribution in [2.24, 2.45) is 23.3 Å². The van der Waals surface area contributed by atoms with E-state index < -0.39 is 11.2 Å². The number of amides is 3. The Kier molecular flexibility index (Phi) is 9.97. The molecule has 3 heterocycles. The van der Waals surface area contributed by atoms with Gasteiger partial charge in [0.2, 0.25) is 5.91 Å². The Bertz CT molecular complexity index is 1300. The van der Waals surface area contributed by atoms with Crippen molar-refractivity contribution in [1.29, 1.82) is 0 Å². The van der Waals surface area contributed by atoms with Crippen molar-refractivity contribution >= 4 is 30.2 Å². The average molecular weight is 601 g/mol. The van der Waals surface area contributed by atoms with Crippen LogP contribution in [0, 0.1) is 11.8 Å². The number of likely N-dealkylation sites (tertiary alicyclic amines) is 1. The molecular formula is C30H45ClN8O3. The van der Waals surface area contributed by atoms with Crippen LogP contribution in [0.4, 0.5) is 10.6 Å². The number of urea groups is 1. The molecule has 11 nitrogen and oxygen atoms in total. The van der Waals surface area contributed by atoms with E-state index in [9.17, 15) is 14.4 Å². The van der Waals surface area contributed by atoms with Gasteiger partial charge in [0, 0.05) is 57.5 Å². The van der Waals surface area contributed by atoms with Gasteiger partial charge in [-0.2, -0.15) is 4.98 Å². The third-order valence-electron chi connectivity index (χ3n) is 9.00. The highest BCUT2D eigenvalue weighted by atomic mass is 35.5. The molecule has 1 aromatic heterocycles. The summed E-state index contributed by atoms with van der Waals surface area (Å²) < 4.78 is 1.47. The van der Waals surface area contributed by atoms with E-state index in [2.05, 4.69) is 34.3 Å². The number of carbonyl (C=O) groups is 2. The fraction of sp³-hybridized carbons (Fsp3) is 0.600. The van der Waals surface area contributed by atoms with Gasteiger partial charge in [-0.1, -0.05) is 18.6 Å². The molecule has 12 heteroatoms. The van der Waals surface area contributed by atoms with Crippen molar-refractivity contribution in [3.63, 3.8) is 0 Å². The topological polar surface area (TPSA) is 143 Å². The average Bonchev–Trinajstić information content (AvgIpc) is 3.39. The number of nitrogens with one attached hydrogen (secondary N) is 1. The number of rotatable bonds is 6. The fourth-order valence-electron chi connectivity index (χ4n) is 6.55. The molecule has 4 atom stereocenters. The highest BCUT2D eigenvalue weighted by Gasteiger charge is 2.40. The highest BCUT2D eigenvalue weighted by Crippen LogP contribution is 2.36. The normalized spacial score (nSPS) is 23.6. The summed E-state index contributed by atoms with van der Waals surface area (Å²) in [6.45, 7) is 9.44. The predicted molar refractivity (Wildman–Crippen MR) is 166 cm³/mol. The molecule has 2 aromatic rings. The molecule has 4 unspecified atom stereocenters. The maximum Gasteiger partial charge on any atom is 0.354 e. The smallest absolute Gasteiger partial charge is 0.338 e. The van der Waals surface area contributed by atoms with Crippen LogP contribution in [0.15, 0.2) is 41.3 Å². The summed E-state index contributed by atoms with van der Waals surface area (Å²) in [5.41, 5.74) is 12.9. The summed E-state index contributed by atoms with van der Waals surface area (Å²) in [5.74, 6) is 1.42. The summed E-state index contributed by atoms with van der Waals surface area (Å²) in [6, 6.07) is 10.0. The van der Waals surface area contributed by atoms with E-state index in [1.807, 2.05) is 12.1 Å². The number of piperazine rings is 1. The Labute approximate surface area is 254 Å². The molecule has 3 amide bonds. The van der Waals surface area contributed by atoms with E-state index in [0.717, 1.165) is 37.5 Å². The van der Waals surface area contributed by atoms with E-state index in [0.29, 0.717) is 44.2 Å². The number of carbonyl (C=O) groups excluding carboxylic acids is 2. The van der Waals surface area contributed by atoms with Crippen LogP contribution in [0.5, 0.6) is 0 Å². The maximum absolute atomic E-state index is 12.8. The fourth-order valence-corrected chi connectivity index (χ4v) is 6.55. The minimum atomic E-state index is -0.946. The van der Waals surface area contributed by atoms with Crippen molar-refractivity contribution in [2.75, 3.05) is 44.6 Å². The Hall–Kier alpha value is -2.99. The Balaban J connectivity index is 0.00000405. The van der Waals surface area contributed by atoms with Crippen LogP contribution in [0.2, 0.25) is 0 Å². The van der Waals surface area contributed by atoms with Crippen LogP contribution in [0.1, 0.15) is 45.6 Å². The lowest BCUT2D eigenvalue weighted by Crippen LogP contribution is -2.58. The minimum Gasteiger partial charge on any atom is -0.338 e. The molecule has 3 aliphatic rings. The van der Waals surface area contributed by atoms with E-state index in [1.165, 1.54) is 23.0 Å². The summed E-state index contributed by atoms with van der Waals surface area (Å²) in [7, 11) is 0. The van der Waals surface area contributed by atoms with E-state index in [-0.39, 0.29) is 30.2 Å². The monoisotopic (exact) mass is 600 g/mol. The Morgan fingerprint density at radius 2 is 1.71 bits per heavy atom. The van der Waals surface area contributed by atoms with Crippen LogP contribution < -0.4 is 22.5 Å². The molecule has 230 valence electrons. The van der Waals surface area contributed by atoms with Crippen LogP contribution in [-0.4, -0.2) is 93.1 Å². The molecular weight excluding hydrogens is 556 g/mol. The molecule has 3 fully saturated rings. The first-order valence-electron chi connectivity index (χ1n) is 14.8. The van der Waals surface area contributed by atoms with Gasteiger partial charge < -0.3 is 21.3 Å². The number of halogens is 1. The zero-order chi connectivity index (χ0) is 29.3. The zero-order valence-electron chi connectivity index (χ0n) is 24.9. The Morgan fingerprint density at radius 1 is 1.05 bits per heavy atom. The second-order valence-electron chi connectivity index (χ2n) is 12.6. The number of fused-ring (bicyclic) bond motifs is 1. The first-order chi connectivity index (χ1) is 19.5. The summed E-state index contributed by atoms with van der Waals surface area (Å²) >= 11 is 0. The molecule has 2 saturated heterocycles. The lowest BCUT2D eigenvalue weighted by Gasteiger charge is -2.37. The van der Waals surface area contributed by atoms with Crippen LogP contribution in [-0.2, 0) is 11.2 Å². The number of hydrogen-bond acceptors (Lipinski definition) is 7. The van der Waals surface area contributed by atoms with Gasteiger partial charge in [-0.05, 0) is 75.6 Å². The van der Waals surface area contributed by atoms with Crippen LogP contribution in [0.3, 0.4) is 0 Å². The van der Waals surface area contributed by atoms with E-state index in [4.69, 9.17) is 11.5 Å². The quantitative estimate of drug-likeness (QED) is 0.460. The van der Waals surface area contributed by atoms with Gasteiger partial charge in [0.15, 0.2) is 0 Å². The largest absolute Gasteiger partial charge is 0.354 e. The number of aromatic nitrogens is 2. The molecule has 1 aromatic carbocycles. The lowest BCUT2D eigenvalue weighted by molar-refractivity contribution is -0.137. The molecule has 1 aliphatic carbocycles. The number of anilines is 1. The first kappa shape index (κ1) is 31.9. The standard InChI is InChI=1S/C30H44N8O3.ClH/c1-20(37-18-22-5-4-6-25(31)24(22)19-37)17-21-7-9-23(10-8-21)38-12-11-26(34-29(38)41)33-28(40)36-15-13-35(14-16-36)27(39)30(2,3)32;/h7-12,20,22,24-25H,4-6,13-19,31-32H2,1-3H3,(H,33,34,40,41);1H. The molecule has 0 bridgehead atoms. The second kappa shape index (κ2) is 13.1. The van der Waals surface area contributed by atoms with Crippen molar-refractivity contribution < 1.29 is 9.59 Å². The van der Waals surface area contributed by atoms with Crippen LogP contribution in [0.25, 0.3) is 5.69 Å². The number of hydrogen-bond donors (Lipinski definition) is 3. The number of benzene rings is 1. The van der Waals surface area contributed by atoms with Gasteiger partial charge in [-0.3, -0.25) is 19.6 Å².